The molecule has 1 aromatic carbocycles. The molecule has 0 radical (unpaired) electrons. The summed E-state index contributed by atoms with van der Waals surface area (Å²) in [6.45, 7) is 8.21. The van der Waals surface area contributed by atoms with Gasteiger partial charge in [0.2, 0.25) is 10.0 Å². The molecule has 2 rings (SSSR count). The summed E-state index contributed by atoms with van der Waals surface area (Å²) >= 11 is 0. The van der Waals surface area contributed by atoms with Crippen LogP contribution in [0.15, 0.2) is 23.1 Å². The monoisotopic (exact) mass is 314 g/mol. The lowest BCUT2D eigenvalue weighted by Gasteiger charge is -2.21. The molecule has 0 saturated heterocycles. The van der Waals surface area contributed by atoms with Gasteiger partial charge in [-0.2, -0.15) is 0 Å². The van der Waals surface area contributed by atoms with E-state index in [1.165, 1.54) is 18.2 Å². The largest absolute Gasteiger partial charge is 0.308 e. The summed E-state index contributed by atoms with van der Waals surface area (Å²) in [6, 6.07) is 3.94. The summed E-state index contributed by atoms with van der Waals surface area (Å²) in [6.07, 6.45) is 0.860. The average Bonchev–Trinajstić information content (AvgIpc) is 3.01. The van der Waals surface area contributed by atoms with Crippen LogP contribution in [0, 0.1) is 11.7 Å². The van der Waals surface area contributed by atoms with Crippen LogP contribution in [0.1, 0.15) is 39.7 Å². The van der Waals surface area contributed by atoms with E-state index in [4.69, 9.17) is 0 Å². The molecule has 6 heteroatoms. The van der Waals surface area contributed by atoms with Crippen molar-refractivity contribution in [3.05, 3.63) is 29.6 Å². The first-order valence-corrected chi connectivity index (χ1v) is 8.62. The maximum atomic E-state index is 13.8. The van der Waals surface area contributed by atoms with Crippen molar-refractivity contribution in [2.75, 3.05) is 0 Å². The van der Waals surface area contributed by atoms with Gasteiger partial charge in [-0.3, -0.25) is 0 Å². The third kappa shape index (κ3) is 4.49. The van der Waals surface area contributed by atoms with E-state index in [1.54, 1.807) is 0 Å². The smallest absolute Gasteiger partial charge is 0.240 e. The summed E-state index contributed by atoms with van der Waals surface area (Å²) in [5.41, 5.74) is 0.194. The van der Waals surface area contributed by atoms with Crippen molar-refractivity contribution in [2.24, 2.45) is 5.92 Å². The lowest BCUT2D eigenvalue weighted by atomic mass is 10.1. The fourth-order valence-electron chi connectivity index (χ4n) is 1.97. The standard InChI is InChI=1S/C15H23FN2O2S/c1-10-7-14(10)18-21(19,20)12-5-6-13(16)11(8-12)9-17-15(2,3)4/h5-6,8,10,14,17-18H,7,9H2,1-4H3. The predicted molar refractivity (Wildman–Crippen MR) is 80.9 cm³/mol. The van der Waals surface area contributed by atoms with Crippen LogP contribution in [0.4, 0.5) is 4.39 Å². The summed E-state index contributed by atoms with van der Waals surface area (Å²) in [5, 5.41) is 3.16. The molecule has 118 valence electrons. The molecule has 1 aliphatic carbocycles. The Morgan fingerprint density at radius 2 is 1.95 bits per heavy atom. The Labute approximate surface area is 126 Å². The molecule has 0 aromatic heterocycles. The zero-order valence-electron chi connectivity index (χ0n) is 12.9. The quantitative estimate of drug-likeness (QED) is 0.877. The SMILES string of the molecule is CC1CC1NS(=O)(=O)c1ccc(F)c(CNC(C)(C)C)c1. The number of rotatable bonds is 5. The van der Waals surface area contributed by atoms with Gasteiger partial charge in [-0.25, -0.2) is 17.5 Å². The van der Waals surface area contributed by atoms with Crippen LogP contribution in [0.5, 0.6) is 0 Å². The Hall–Kier alpha value is -0.980. The molecule has 2 N–H and O–H groups in total. The van der Waals surface area contributed by atoms with E-state index < -0.39 is 15.8 Å². The van der Waals surface area contributed by atoms with E-state index in [9.17, 15) is 12.8 Å². The van der Waals surface area contributed by atoms with Crippen LogP contribution < -0.4 is 10.0 Å². The number of benzene rings is 1. The highest BCUT2D eigenvalue weighted by Gasteiger charge is 2.36. The molecule has 0 bridgehead atoms. The molecule has 1 aliphatic rings. The van der Waals surface area contributed by atoms with E-state index in [2.05, 4.69) is 10.0 Å². The van der Waals surface area contributed by atoms with Gasteiger partial charge >= 0.3 is 0 Å². The number of hydrogen-bond acceptors (Lipinski definition) is 3. The first-order valence-electron chi connectivity index (χ1n) is 7.14. The zero-order valence-corrected chi connectivity index (χ0v) is 13.7. The molecule has 0 aliphatic heterocycles. The summed E-state index contributed by atoms with van der Waals surface area (Å²) in [4.78, 5) is 0.119. The highest BCUT2D eigenvalue weighted by atomic mass is 32.2. The Morgan fingerprint density at radius 1 is 1.33 bits per heavy atom. The minimum Gasteiger partial charge on any atom is -0.308 e. The zero-order chi connectivity index (χ0) is 15.8. The first kappa shape index (κ1) is 16.4. The number of nitrogens with one attached hydrogen (secondary N) is 2. The lowest BCUT2D eigenvalue weighted by Crippen LogP contribution is -2.35. The van der Waals surface area contributed by atoms with Crippen molar-refractivity contribution in [3.8, 4) is 0 Å². The molecule has 0 heterocycles. The van der Waals surface area contributed by atoms with Crippen molar-refractivity contribution in [3.63, 3.8) is 0 Å². The Balaban J connectivity index is 2.17. The van der Waals surface area contributed by atoms with E-state index in [0.29, 0.717) is 18.0 Å². The predicted octanol–water partition coefficient (Wildman–Crippen LogP) is 2.40. The van der Waals surface area contributed by atoms with Crippen LogP contribution in [-0.4, -0.2) is 20.0 Å². The van der Waals surface area contributed by atoms with E-state index >= 15 is 0 Å². The van der Waals surface area contributed by atoms with Crippen molar-refractivity contribution in [1.29, 1.82) is 0 Å². The molecule has 1 saturated carbocycles. The number of sulfonamides is 1. The van der Waals surface area contributed by atoms with E-state index in [-0.39, 0.29) is 16.5 Å². The molecule has 1 aromatic rings. The van der Waals surface area contributed by atoms with Crippen molar-refractivity contribution < 1.29 is 12.8 Å². The second-order valence-electron chi connectivity index (χ2n) is 6.80. The summed E-state index contributed by atoms with van der Waals surface area (Å²) in [5.74, 6) is -0.0206. The molecular weight excluding hydrogens is 291 g/mol. The Morgan fingerprint density at radius 3 is 2.48 bits per heavy atom. The first-order chi connectivity index (χ1) is 9.58. The Kier molecular flexibility index (Phi) is 4.42. The molecule has 0 spiro atoms. The number of halogens is 1. The van der Waals surface area contributed by atoms with Gasteiger partial charge in [-0.05, 0) is 51.3 Å². The minimum absolute atomic E-state index is 0.0104. The van der Waals surface area contributed by atoms with Crippen LogP contribution in [0.2, 0.25) is 0 Å². The molecule has 2 atom stereocenters. The van der Waals surface area contributed by atoms with E-state index in [0.717, 1.165) is 6.42 Å². The van der Waals surface area contributed by atoms with E-state index in [1.807, 2.05) is 27.7 Å². The molecule has 1 fully saturated rings. The molecule has 0 amide bonds. The molecule has 2 unspecified atom stereocenters. The molecule has 21 heavy (non-hydrogen) atoms. The van der Waals surface area contributed by atoms with Gasteiger partial charge in [0.25, 0.3) is 0 Å². The third-order valence-electron chi connectivity index (χ3n) is 3.55. The van der Waals surface area contributed by atoms with Gasteiger partial charge in [0.05, 0.1) is 4.90 Å². The van der Waals surface area contributed by atoms with Crippen LogP contribution in [0.25, 0.3) is 0 Å². The second kappa shape index (κ2) is 5.66. The minimum atomic E-state index is -3.57. The van der Waals surface area contributed by atoms with Gasteiger partial charge in [-0.15, -0.1) is 0 Å². The normalized spacial score (nSPS) is 22.3. The fourth-order valence-corrected chi connectivity index (χ4v) is 3.38. The average molecular weight is 314 g/mol. The van der Waals surface area contributed by atoms with Gasteiger partial charge in [0.15, 0.2) is 0 Å². The second-order valence-corrected chi connectivity index (χ2v) is 8.51. The maximum Gasteiger partial charge on any atom is 0.240 e. The van der Waals surface area contributed by atoms with Gasteiger partial charge in [0, 0.05) is 23.7 Å². The van der Waals surface area contributed by atoms with Crippen molar-refractivity contribution in [2.45, 2.75) is 57.1 Å². The topological polar surface area (TPSA) is 58.2 Å². The van der Waals surface area contributed by atoms with Gasteiger partial charge in [0.1, 0.15) is 5.82 Å². The van der Waals surface area contributed by atoms with Crippen molar-refractivity contribution in [1.82, 2.24) is 10.0 Å². The highest BCUT2D eigenvalue weighted by Crippen LogP contribution is 2.30. The van der Waals surface area contributed by atoms with Crippen LogP contribution in [0.3, 0.4) is 0 Å². The summed E-state index contributed by atoms with van der Waals surface area (Å²) in [7, 11) is -3.57. The number of hydrogen-bond donors (Lipinski definition) is 2. The third-order valence-corrected chi connectivity index (χ3v) is 5.04. The lowest BCUT2D eigenvalue weighted by molar-refractivity contribution is 0.418. The van der Waals surface area contributed by atoms with Gasteiger partial charge < -0.3 is 5.32 Å². The fraction of sp³-hybridized carbons (Fsp3) is 0.600. The van der Waals surface area contributed by atoms with Crippen LogP contribution >= 0.6 is 0 Å². The van der Waals surface area contributed by atoms with Gasteiger partial charge in [-0.1, -0.05) is 6.92 Å². The maximum absolute atomic E-state index is 13.8. The molecule has 4 nitrogen and oxygen atoms in total. The highest BCUT2D eigenvalue weighted by molar-refractivity contribution is 7.89. The summed E-state index contributed by atoms with van der Waals surface area (Å²) < 4.78 is 40.9. The Bertz CT molecular complexity index is 623. The molecular formula is C15H23FN2O2S. The van der Waals surface area contributed by atoms with Crippen LogP contribution in [-0.2, 0) is 16.6 Å². The van der Waals surface area contributed by atoms with Crippen molar-refractivity contribution >= 4 is 10.0 Å².